The zero-order chi connectivity index (χ0) is 22.1. The lowest BCUT2D eigenvalue weighted by Crippen LogP contribution is -2.49. The topological polar surface area (TPSA) is 23.6 Å². The molecule has 31 heavy (non-hydrogen) atoms. The normalized spacial score (nSPS) is 14.1. The van der Waals surface area contributed by atoms with Crippen LogP contribution in [0.4, 0.5) is 27.6 Å². The lowest BCUT2D eigenvalue weighted by Gasteiger charge is -2.36. The van der Waals surface area contributed by atoms with Crippen molar-refractivity contribution < 1.29 is 26.7 Å². The first kappa shape index (κ1) is 20.8. The fourth-order valence-corrected chi connectivity index (χ4v) is 3.62. The Hall–Kier alpha value is -3.42. The summed E-state index contributed by atoms with van der Waals surface area (Å²) in [5.41, 5.74) is 1.45. The zero-order valence-corrected chi connectivity index (χ0v) is 16.2. The van der Waals surface area contributed by atoms with Crippen molar-refractivity contribution in [2.24, 2.45) is 0 Å². The Morgan fingerprint density at radius 3 is 1.65 bits per heavy atom. The molecule has 0 N–H and O–H groups in total. The van der Waals surface area contributed by atoms with Crippen LogP contribution in [-0.2, 0) is 0 Å². The van der Waals surface area contributed by atoms with Gasteiger partial charge in [-0.3, -0.25) is 4.79 Å². The minimum absolute atomic E-state index is 0.0633. The van der Waals surface area contributed by atoms with Crippen molar-refractivity contribution in [2.45, 2.75) is 0 Å². The Morgan fingerprint density at radius 1 is 0.613 bits per heavy atom. The third-order valence-electron chi connectivity index (χ3n) is 5.31. The van der Waals surface area contributed by atoms with Gasteiger partial charge in [-0.05, 0) is 23.3 Å². The number of rotatable bonds is 3. The van der Waals surface area contributed by atoms with Crippen molar-refractivity contribution in [3.63, 3.8) is 0 Å². The van der Waals surface area contributed by atoms with Crippen molar-refractivity contribution in [2.75, 3.05) is 31.1 Å². The van der Waals surface area contributed by atoms with E-state index in [1.807, 2.05) is 42.5 Å². The van der Waals surface area contributed by atoms with Crippen LogP contribution in [0.5, 0.6) is 0 Å². The Labute approximate surface area is 175 Å². The van der Waals surface area contributed by atoms with E-state index in [0.29, 0.717) is 5.56 Å². The molecule has 1 aliphatic heterocycles. The van der Waals surface area contributed by atoms with Crippen LogP contribution in [0.2, 0.25) is 0 Å². The van der Waals surface area contributed by atoms with Gasteiger partial charge in [-0.1, -0.05) is 42.5 Å². The number of nitrogens with zero attached hydrogens (tertiary/aromatic N) is 2. The highest BCUT2D eigenvalue weighted by atomic mass is 19.2. The highest BCUT2D eigenvalue weighted by molar-refractivity contribution is 5.95. The Balaban J connectivity index is 1.46. The van der Waals surface area contributed by atoms with E-state index >= 15 is 0 Å². The maximum absolute atomic E-state index is 14.0. The predicted octanol–water partition coefficient (Wildman–Crippen LogP) is 5.01. The standard InChI is InChI=1S/C23H17F5N2O/c24-17-18(25)20(27)22(21(28)19(17)26)29-10-12-30(13-11-29)23(31)16-8-6-15(7-9-16)14-4-2-1-3-5-14/h1-9H,10-13H2. The Kier molecular flexibility index (Phi) is 5.63. The summed E-state index contributed by atoms with van der Waals surface area (Å²) in [6.45, 7) is 0.0376. The molecule has 3 aromatic carbocycles. The molecule has 1 fully saturated rings. The first-order chi connectivity index (χ1) is 14.9. The molecule has 8 heteroatoms. The molecular weight excluding hydrogens is 415 g/mol. The molecular formula is C23H17F5N2O. The van der Waals surface area contributed by atoms with Crippen LogP contribution < -0.4 is 4.90 Å². The maximum Gasteiger partial charge on any atom is 0.253 e. The second-order valence-corrected chi connectivity index (χ2v) is 7.14. The van der Waals surface area contributed by atoms with Crippen LogP contribution in [0.15, 0.2) is 54.6 Å². The van der Waals surface area contributed by atoms with E-state index < -0.39 is 34.8 Å². The molecule has 0 radical (unpaired) electrons. The molecule has 160 valence electrons. The molecule has 1 heterocycles. The fraction of sp³-hybridized carbons (Fsp3) is 0.174. The molecule has 0 spiro atoms. The highest BCUT2D eigenvalue weighted by Gasteiger charge is 2.31. The van der Waals surface area contributed by atoms with Crippen LogP contribution in [-0.4, -0.2) is 37.0 Å². The summed E-state index contributed by atoms with van der Waals surface area (Å²) < 4.78 is 68.3. The van der Waals surface area contributed by atoms with Gasteiger partial charge in [-0.15, -0.1) is 0 Å². The van der Waals surface area contributed by atoms with E-state index in [2.05, 4.69) is 0 Å². The third-order valence-corrected chi connectivity index (χ3v) is 5.31. The van der Waals surface area contributed by atoms with Gasteiger partial charge >= 0.3 is 0 Å². The van der Waals surface area contributed by atoms with E-state index in [1.54, 1.807) is 12.1 Å². The van der Waals surface area contributed by atoms with Gasteiger partial charge in [0.15, 0.2) is 23.3 Å². The summed E-state index contributed by atoms with van der Waals surface area (Å²) >= 11 is 0. The summed E-state index contributed by atoms with van der Waals surface area (Å²) in [6.07, 6.45) is 0. The number of carbonyl (C=O) groups excluding carboxylic acids is 1. The lowest BCUT2D eigenvalue weighted by molar-refractivity contribution is 0.0746. The summed E-state index contributed by atoms with van der Waals surface area (Å²) in [6, 6.07) is 16.7. The van der Waals surface area contributed by atoms with Gasteiger partial charge in [-0.25, -0.2) is 22.0 Å². The van der Waals surface area contributed by atoms with Crippen molar-refractivity contribution in [3.8, 4) is 11.1 Å². The average molecular weight is 432 g/mol. The zero-order valence-electron chi connectivity index (χ0n) is 16.2. The van der Waals surface area contributed by atoms with Gasteiger partial charge in [-0.2, -0.15) is 0 Å². The van der Waals surface area contributed by atoms with E-state index in [4.69, 9.17) is 0 Å². The van der Waals surface area contributed by atoms with Gasteiger partial charge in [0, 0.05) is 31.7 Å². The molecule has 1 amide bonds. The molecule has 0 bridgehead atoms. The predicted molar refractivity (Wildman–Crippen MR) is 106 cm³/mol. The number of hydrogen-bond donors (Lipinski definition) is 0. The van der Waals surface area contributed by atoms with Gasteiger partial charge < -0.3 is 9.80 Å². The number of piperazine rings is 1. The SMILES string of the molecule is O=C(c1ccc(-c2ccccc2)cc1)N1CCN(c2c(F)c(F)c(F)c(F)c2F)CC1. The van der Waals surface area contributed by atoms with Gasteiger partial charge in [0.05, 0.1) is 0 Å². The summed E-state index contributed by atoms with van der Waals surface area (Å²) in [5.74, 6) is -10.2. The van der Waals surface area contributed by atoms with E-state index in [9.17, 15) is 26.7 Å². The molecule has 0 atom stereocenters. The second-order valence-electron chi connectivity index (χ2n) is 7.14. The number of hydrogen-bond acceptors (Lipinski definition) is 2. The largest absolute Gasteiger partial charge is 0.363 e. The molecule has 0 unspecified atom stereocenters. The van der Waals surface area contributed by atoms with E-state index in [0.717, 1.165) is 16.0 Å². The first-order valence-corrected chi connectivity index (χ1v) is 9.59. The Bertz CT molecular complexity index is 1080. The lowest BCUT2D eigenvalue weighted by atomic mass is 10.0. The minimum atomic E-state index is -2.19. The van der Waals surface area contributed by atoms with Crippen LogP contribution in [0.25, 0.3) is 11.1 Å². The molecule has 0 saturated carbocycles. The first-order valence-electron chi connectivity index (χ1n) is 9.59. The third kappa shape index (κ3) is 3.85. The van der Waals surface area contributed by atoms with Crippen LogP contribution in [0, 0.1) is 29.1 Å². The van der Waals surface area contributed by atoms with Crippen molar-refractivity contribution in [3.05, 3.63) is 89.2 Å². The number of anilines is 1. The smallest absolute Gasteiger partial charge is 0.253 e. The number of benzene rings is 3. The van der Waals surface area contributed by atoms with Crippen molar-refractivity contribution in [1.29, 1.82) is 0 Å². The van der Waals surface area contributed by atoms with Crippen LogP contribution in [0.3, 0.4) is 0 Å². The van der Waals surface area contributed by atoms with Gasteiger partial charge in [0.25, 0.3) is 5.91 Å². The van der Waals surface area contributed by atoms with E-state index in [1.165, 1.54) is 4.90 Å². The molecule has 0 aromatic heterocycles. The summed E-state index contributed by atoms with van der Waals surface area (Å²) in [5, 5.41) is 0. The average Bonchev–Trinajstić information content (AvgIpc) is 2.82. The van der Waals surface area contributed by atoms with Gasteiger partial charge in [0.1, 0.15) is 5.69 Å². The highest BCUT2D eigenvalue weighted by Crippen LogP contribution is 2.31. The monoisotopic (exact) mass is 432 g/mol. The van der Waals surface area contributed by atoms with E-state index in [-0.39, 0.29) is 32.1 Å². The van der Waals surface area contributed by atoms with Gasteiger partial charge in [0.2, 0.25) is 5.82 Å². The molecule has 1 aliphatic rings. The molecule has 1 saturated heterocycles. The minimum Gasteiger partial charge on any atom is -0.363 e. The number of amides is 1. The molecule has 3 nitrogen and oxygen atoms in total. The quantitative estimate of drug-likeness (QED) is 0.330. The van der Waals surface area contributed by atoms with Crippen molar-refractivity contribution in [1.82, 2.24) is 4.90 Å². The Morgan fingerprint density at radius 2 is 1.10 bits per heavy atom. The molecule has 0 aliphatic carbocycles. The molecule has 3 aromatic rings. The summed E-state index contributed by atoms with van der Waals surface area (Å²) in [4.78, 5) is 15.3. The van der Waals surface area contributed by atoms with Crippen molar-refractivity contribution >= 4 is 11.6 Å². The van der Waals surface area contributed by atoms with Crippen LogP contribution >= 0.6 is 0 Å². The summed E-state index contributed by atoms with van der Waals surface area (Å²) in [7, 11) is 0. The number of carbonyl (C=O) groups is 1. The maximum atomic E-state index is 14.0. The second kappa shape index (κ2) is 8.37. The molecule has 4 rings (SSSR count). The fourth-order valence-electron chi connectivity index (χ4n) is 3.62. The number of halogens is 5. The van der Waals surface area contributed by atoms with Crippen LogP contribution in [0.1, 0.15) is 10.4 Å².